The maximum atomic E-state index is 4.89. The van der Waals surface area contributed by atoms with Gasteiger partial charge < -0.3 is 4.42 Å². The van der Waals surface area contributed by atoms with Crippen LogP contribution >= 0.6 is 11.3 Å². The van der Waals surface area contributed by atoms with Gasteiger partial charge in [-0.2, -0.15) is 0 Å². The van der Waals surface area contributed by atoms with Crippen LogP contribution in [0.4, 0.5) is 0 Å². The molecule has 2 aromatic heterocycles. The first-order valence-corrected chi connectivity index (χ1v) is 4.99. The zero-order valence-corrected chi connectivity index (χ0v) is 8.34. The maximum Gasteiger partial charge on any atom is 0.181 e. The zero-order valence-electron chi connectivity index (χ0n) is 7.52. The van der Waals surface area contributed by atoms with Crippen molar-refractivity contribution in [1.82, 2.24) is 9.97 Å². The molecule has 0 saturated carbocycles. The minimum Gasteiger partial charge on any atom is -0.451 e. The van der Waals surface area contributed by atoms with E-state index >= 15 is 0 Å². The molecule has 0 radical (unpaired) electrons. The van der Waals surface area contributed by atoms with Crippen LogP contribution in [0, 0.1) is 0 Å². The largest absolute Gasteiger partial charge is 0.451 e. The second-order valence-corrected chi connectivity index (χ2v) is 3.99. The van der Waals surface area contributed by atoms with Crippen molar-refractivity contribution in [2.75, 3.05) is 0 Å². The van der Waals surface area contributed by atoms with Gasteiger partial charge in [0.25, 0.3) is 0 Å². The maximum absolute atomic E-state index is 4.89. The SMILES string of the molecule is CC(C)c1nc(-c2cocn2)cs1. The van der Waals surface area contributed by atoms with Gasteiger partial charge in [0.1, 0.15) is 17.7 Å². The lowest BCUT2D eigenvalue weighted by Crippen LogP contribution is -1.85. The molecule has 2 heterocycles. The van der Waals surface area contributed by atoms with E-state index < -0.39 is 0 Å². The first-order valence-electron chi connectivity index (χ1n) is 4.11. The van der Waals surface area contributed by atoms with E-state index in [4.69, 9.17) is 4.42 Å². The monoisotopic (exact) mass is 194 g/mol. The molecule has 0 fully saturated rings. The highest BCUT2D eigenvalue weighted by molar-refractivity contribution is 7.10. The van der Waals surface area contributed by atoms with Crippen molar-refractivity contribution in [2.24, 2.45) is 0 Å². The zero-order chi connectivity index (χ0) is 9.26. The highest BCUT2D eigenvalue weighted by Gasteiger charge is 2.08. The Morgan fingerprint density at radius 1 is 1.38 bits per heavy atom. The van der Waals surface area contributed by atoms with Gasteiger partial charge in [0.05, 0.1) is 5.01 Å². The normalized spacial score (nSPS) is 11.0. The summed E-state index contributed by atoms with van der Waals surface area (Å²) in [6, 6.07) is 0. The lowest BCUT2D eigenvalue weighted by Gasteiger charge is -1.95. The quantitative estimate of drug-likeness (QED) is 0.737. The summed E-state index contributed by atoms with van der Waals surface area (Å²) >= 11 is 1.66. The van der Waals surface area contributed by atoms with Crippen LogP contribution in [-0.4, -0.2) is 9.97 Å². The molecule has 4 heteroatoms. The Labute approximate surface area is 80.5 Å². The molecule has 0 aromatic carbocycles. The molecular formula is C9H10N2OS. The second-order valence-electron chi connectivity index (χ2n) is 3.10. The predicted molar refractivity (Wildman–Crippen MR) is 51.7 cm³/mol. The average Bonchev–Trinajstić information content (AvgIpc) is 2.75. The predicted octanol–water partition coefficient (Wildman–Crippen LogP) is 2.92. The lowest BCUT2D eigenvalue weighted by atomic mass is 10.2. The molecule has 2 aromatic rings. The summed E-state index contributed by atoms with van der Waals surface area (Å²) in [6.45, 7) is 4.26. The molecule has 0 aliphatic rings. The van der Waals surface area contributed by atoms with E-state index in [9.17, 15) is 0 Å². The van der Waals surface area contributed by atoms with Crippen LogP contribution in [0.2, 0.25) is 0 Å². The van der Waals surface area contributed by atoms with E-state index in [1.54, 1.807) is 17.6 Å². The third-order valence-corrected chi connectivity index (χ3v) is 2.86. The Bertz CT molecular complexity index is 378. The highest BCUT2D eigenvalue weighted by atomic mass is 32.1. The van der Waals surface area contributed by atoms with Gasteiger partial charge in [-0.3, -0.25) is 0 Å². The smallest absolute Gasteiger partial charge is 0.181 e. The van der Waals surface area contributed by atoms with Gasteiger partial charge in [0.15, 0.2) is 6.39 Å². The van der Waals surface area contributed by atoms with E-state index in [-0.39, 0.29) is 0 Å². The molecule has 0 aliphatic heterocycles. The van der Waals surface area contributed by atoms with E-state index in [2.05, 4.69) is 23.8 Å². The molecule has 0 saturated heterocycles. The minimum absolute atomic E-state index is 0.477. The topological polar surface area (TPSA) is 38.9 Å². The summed E-state index contributed by atoms with van der Waals surface area (Å²) in [7, 11) is 0. The second kappa shape index (κ2) is 3.30. The molecule has 68 valence electrons. The molecule has 0 atom stereocenters. The highest BCUT2D eigenvalue weighted by Crippen LogP contribution is 2.24. The molecule has 2 rings (SSSR count). The Balaban J connectivity index is 2.33. The van der Waals surface area contributed by atoms with Crippen molar-refractivity contribution >= 4 is 11.3 Å². The Hall–Kier alpha value is -1.16. The summed E-state index contributed by atoms with van der Waals surface area (Å²) in [6.07, 6.45) is 3.03. The van der Waals surface area contributed by atoms with E-state index in [0.717, 1.165) is 16.4 Å². The first kappa shape index (κ1) is 8.44. The fourth-order valence-corrected chi connectivity index (χ4v) is 1.84. The van der Waals surface area contributed by atoms with Gasteiger partial charge >= 0.3 is 0 Å². The van der Waals surface area contributed by atoms with Crippen LogP contribution in [0.1, 0.15) is 24.8 Å². The molecular weight excluding hydrogens is 184 g/mol. The molecule has 0 spiro atoms. The molecule has 13 heavy (non-hydrogen) atoms. The summed E-state index contributed by atoms with van der Waals surface area (Å²) in [5, 5.41) is 3.14. The molecule has 3 nitrogen and oxygen atoms in total. The van der Waals surface area contributed by atoms with Crippen molar-refractivity contribution in [1.29, 1.82) is 0 Å². The van der Waals surface area contributed by atoms with Crippen molar-refractivity contribution in [3.05, 3.63) is 23.0 Å². The van der Waals surface area contributed by atoms with Crippen molar-refractivity contribution in [2.45, 2.75) is 19.8 Å². The minimum atomic E-state index is 0.477. The molecule has 0 unspecified atom stereocenters. The number of hydrogen-bond acceptors (Lipinski definition) is 4. The Morgan fingerprint density at radius 3 is 2.77 bits per heavy atom. The number of nitrogens with zero attached hydrogens (tertiary/aromatic N) is 2. The summed E-state index contributed by atoms with van der Waals surface area (Å²) in [5.41, 5.74) is 1.71. The van der Waals surface area contributed by atoms with E-state index in [1.165, 1.54) is 6.39 Å². The number of rotatable bonds is 2. The Kier molecular flexibility index (Phi) is 2.14. The Morgan fingerprint density at radius 2 is 2.23 bits per heavy atom. The van der Waals surface area contributed by atoms with Crippen LogP contribution in [-0.2, 0) is 0 Å². The van der Waals surface area contributed by atoms with Gasteiger partial charge in [-0.1, -0.05) is 13.8 Å². The fraction of sp³-hybridized carbons (Fsp3) is 0.333. The van der Waals surface area contributed by atoms with Gasteiger partial charge in [-0.05, 0) is 0 Å². The number of oxazole rings is 1. The number of thiazole rings is 1. The first-order chi connectivity index (χ1) is 6.27. The molecule has 0 amide bonds. The third-order valence-electron chi connectivity index (χ3n) is 1.71. The molecule has 0 aliphatic carbocycles. The summed E-state index contributed by atoms with van der Waals surface area (Å²) in [4.78, 5) is 8.48. The van der Waals surface area contributed by atoms with Crippen LogP contribution < -0.4 is 0 Å². The number of hydrogen-bond donors (Lipinski definition) is 0. The van der Waals surface area contributed by atoms with E-state index in [1.807, 2.05) is 5.38 Å². The number of aromatic nitrogens is 2. The molecule has 0 N–H and O–H groups in total. The summed E-state index contributed by atoms with van der Waals surface area (Å²) < 4.78 is 4.89. The van der Waals surface area contributed by atoms with Crippen molar-refractivity contribution in [3.8, 4) is 11.4 Å². The van der Waals surface area contributed by atoms with Crippen LogP contribution in [0.15, 0.2) is 22.5 Å². The van der Waals surface area contributed by atoms with Crippen LogP contribution in [0.5, 0.6) is 0 Å². The van der Waals surface area contributed by atoms with Crippen LogP contribution in [0.3, 0.4) is 0 Å². The van der Waals surface area contributed by atoms with Crippen molar-refractivity contribution in [3.63, 3.8) is 0 Å². The lowest BCUT2D eigenvalue weighted by molar-refractivity contribution is 0.558. The third kappa shape index (κ3) is 1.62. The van der Waals surface area contributed by atoms with E-state index in [0.29, 0.717) is 5.92 Å². The van der Waals surface area contributed by atoms with Crippen molar-refractivity contribution < 1.29 is 4.42 Å². The van der Waals surface area contributed by atoms with Gasteiger partial charge in [0, 0.05) is 11.3 Å². The van der Waals surface area contributed by atoms with Gasteiger partial charge in [-0.25, -0.2) is 9.97 Å². The van der Waals surface area contributed by atoms with Gasteiger partial charge in [0.2, 0.25) is 0 Å². The molecule has 0 bridgehead atoms. The van der Waals surface area contributed by atoms with Crippen LogP contribution in [0.25, 0.3) is 11.4 Å². The standard InChI is InChI=1S/C9H10N2OS/c1-6(2)9-11-8(4-13-9)7-3-12-5-10-7/h3-6H,1-2H3. The average molecular weight is 194 g/mol. The summed E-state index contributed by atoms with van der Waals surface area (Å²) in [5.74, 6) is 0.477. The van der Waals surface area contributed by atoms with Gasteiger partial charge in [-0.15, -0.1) is 11.3 Å². The fourth-order valence-electron chi connectivity index (χ4n) is 1.01.